The fraction of sp³-hybridized carbons (Fsp3) is 0.407. The molecule has 10 nitrogen and oxygen atoms in total. The number of rotatable bonds is 10. The van der Waals surface area contributed by atoms with Crippen molar-refractivity contribution >= 4 is 40.7 Å². The zero-order valence-electron chi connectivity index (χ0n) is 21.7. The van der Waals surface area contributed by atoms with Gasteiger partial charge in [-0.1, -0.05) is 0 Å². The van der Waals surface area contributed by atoms with E-state index in [4.69, 9.17) is 21.7 Å². The predicted molar refractivity (Wildman–Crippen MR) is 149 cm³/mol. The lowest BCUT2D eigenvalue weighted by Gasteiger charge is -2.36. The first-order valence-corrected chi connectivity index (χ1v) is 13.0. The van der Waals surface area contributed by atoms with Crippen LogP contribution in [-0.4, -0.2) is 79.8 Å². The third kappa shape index (κ3) is 6.59. The Bertz CT molecular complexity index is 1390. The first-order valence-electron chi connectivity index (χ1n) is 12.6. The highest BCUT2D eigenvalue weighted by Gasteiger charge is 2.17. The molecule has 0 radical (unpaired) electrons. The van der Waals surface area contributed by atoms with Gasteiger partial charge in [-0.05, 0) is 67.6 Å². The number of anilines is 1. The number of ether oxygens (including phenoxy) is 2. The summed E-state index contributed by atoms with van der Waals surface area (Å²) in [7, 11) is 2.96. The Morgan fingerprint density at radius 2 is 1.76 bits per heavy atom. The number of aromatic nitrogens is 2. The molecule has 0 bridgehead atoms. The molecule has 4 rings (SSSR count). The van der Waals surface area contributed by atoms with Crippen LogP contribution in [0.4, 0.5) is 5.69 Å². The molecule has 1 fully saturated rings. The molecule has 1 saturated heterocycles. The molecule has 3 aromatic rings. The van der Waals surface area contributed by atoms with Gasteiger partial charge in [0.2, 0.25) is 5.91 Å². The molecule has 0 unspecified atom stereocenters. The van der Waals surface area contributed by atoms with Crippen LogP contribution in [0.15, 0.2) is 47.3 Å². The zero-order valence-corrected chi connectivity index (χ0v) is 22.5. The number of amides is 1. The SMILES string of the molecule is COC(=O)c1ccc2c(=O)n(CCC(=O)NCCCN3CCN(c4ccc(OC)cc4)CC3)c(=S)[nH]c2c1. The van der Waals surface area contributed by atoms with E-state index in [9.17, 15) is 14.4 Å². The highest BCUT2D eigenvalue weighted by molar-refractivity contribution is 7.71. The number of nitrogens with one attached hydrogen (secondary N) is 2. The standard InChI is InChI=1S/C27H33N5O5S/c1-36-21-7-5-20(6-8-21)31-16-14-30(15-17-31)12-3-11-28-24(33)10-13-32-25(34)22-9-4-19(26(35)37-2)18-23(22)29-27(32)38/h4-9,18H,3,10-17H2,1-2H3,(H,28,33)(H,29,38). The van der Waals surface area contributed by atoms with Gasteiger partial charge in [0.05, 0.1) is 30.7 Å². The molecule has 0 aliphatic carbocycles. The first-order chi connectivity index (χ1) is 18.4. The lowest BCUT2D eigenvalue weighted by Crippen LogP contribution is -2.47. The smallest absolute Gasteiger partial charge is 0.337 e. The number of nitrogens with zero attached hydrogens (tertiary/aromatic N) is 3. The fourth-order valence-corrected chi connectivity index (χ4v) is 4.84. The minimum absolute atomic E-state index is 0.128. The molecule has 202 valence electrons. The number of hydrogen-bond donors (Lipinski definition) is 2. The summed E-state index contributed by atoms with van der Waals surface area (Å²) >= 11 is 5.33. The number of aromatic amines is 1. The Morgan fingerprint density at radius 3 is 2.45 bits per heavy atom. The van der Waals surface area contributed by atoms with Gasteiger partial charge in [-0.3, -0.25) is 19.1 Å². The number of fused-ring (bicyclic) bond motifs is 1. The Morgan fingerprint density at radius 1 is 1.03 bits per heavy atom. The first kappa shape index (κ1) is 27.3. The van der Waals surface area contributed by atoms with Crippen molar-refractivity contribution in [1.29, 1.82) is 0 Å². The fourth-order valence-electron chi connectivity index (χ4n) is 4.56. The topological polar surface area (TPSA) is 109 Å². The van der Waals surface area contributed by atoms with Gasteiger partial charge in [-0.15, -0.1) is 0 Å². The molecular formula is C27H33N5O5S. The summed E-state index contributed by atoms with van der Waals surface area (Å²) in [5, 5.41) is 3.33. The van der Waals surface area contributed by atoms with E-state index < -0.39 is 5.97 Å². The zero-order chi connectivity index (χ0) is 27.1. The van der Waals surface area contributed by atoms with Crippen molar-refractivity contribution in [2.24, 2.45) is 0 Å². The maximum Gasteiger partial charge on any atom is 0.337 e. The number of carbonyl (C=O) groups excluding carboxylic acids is 2. The molecule has 0 atom stereocenters. The second-order valence-electron chi connectivity index (χ2n) is 9.12. The van der Waals surface area contributed by atoms with Gasteiger partial charge < -0.3 is 24.7 Å². The van der Waals surface area contributed by atoms with E-state index in [1.165, 1.54) is 29.5 Å². The predicted octanol–water partition coefficient (Wildman–Crippen LogP) is 2.57. The normalized spacial score (nSPS) is 13.9. The van der Waals surface area contributed by atoms with Crippen LogP contribution in [-0.2, 0) is 16.1 Å². The van der Waals surface area contributed by atoms with Crippen LogP contribution < -0.4 is 20.5 Å². The third-order valence-corrected chi connectivity index (χ3v) is 7.07. The number of hydrogen-bond acceptors (Lipinski definition) is 8. The number of H-pyrrole nitrogens is 1. The van der Waals surface area contributed by atoms with Crippen LogP contribution >= 0.6 is 12.2 Å². The summed E-state index contributed by atoms with van der Waals surface area (Å²) in [6, 6.07) is 12.8. The summed E-state index contributed by atoms with van der Waals surface area (Å²) in [5.74, 6) is 0.233. The van der Waals surface area contributed by atoms with Crippen molar-refractivity contribution < 1.29 is 19.1 Å². The van der Waals surface area contributed by atoms with Gasteiger partial charge in [-0.25, -0.2) is 4.79 Å². The van der Waals surface area contributed by atoms with Crippen LogP contribution in [0.1, 0.15) is 23.2 Å². The van der Waals surface area contributed by atoms with E-state index in [1.54, 1.807) is 13.2 Å². The van der Waals surface area contributed by atoms with Crippen LogP contribution in [0.5, 0.6) is 5.75 Å². The van der Waals surface area contributed by atoms with Gasteiger partial charge in [0.15, 0.2) is 4.77 Å². The van der Waals surface area contributed by atoms with Crippen molar-refractivity contribution in [3.8, 4) is 5.75 Å². The highest BCUT2D eigenvalue weighted by Crippen LogP contribution is 2.20. The molecular weight excluding hydrogens is 506 g/mol. The van der Waals surface area contributed by atoms with Crippen molar-refractivity contribution in [3.05, 3.63) is 63.2 Å². The lowest BCUT2D eigenvalue weighted by molar-refractivity contribution is -0.121. The van der Waals surface area contributed by atoms with Crippen LogP contribution in [0.2, 0.25) is 0 Å². The molecule has 1 amide bonds. The van der Waals surface area contributed by atoms with Crippen LogP contribution in [0, 0.1) is 4.77 Å². The van der Waals surface area contributed by atoms with Crippen molar-refractivity contribution in [1.82, 2.24) is 19.8 Å². The van der Waals surface area contributed by atoms with Crippen molar-refractivity contribution in [3.63, 3.8) is 0 Å². The van der Waals surface area contributed by atoms with Crippen LogP contribution in [0.25, 0.3) is 10.9 Å². The summed E-state index contributed by atoms with van der Waals surface area (Å²) in [5.41, 5.74) is 1.67. The van der Waals surface area contributed by atoms with E-state index in [0.29, 0.717) is 23.0 Å². The maximum absolute atomic E-state index is 12.9. The van der Waals surface area contributed by atoms with Gasteiger partial charge in [0, 0.05) is 51.4 Å². The number of benzene rings is 2. The Balaban J connectivity index is 1.20. The van der Waals surface area contributed by atoms with Gasteiger partial charge in [0.25, 0.3) is 5.56 Å². The third-order valence-electron chi connectivity index (χ3n) is 6.75. The number of carbonyl (C=O) groups is 2. The molecule has 1 aromatic heterocycles. The van der Waals surface area contributed by atoms with E-state index >= 15 is 0 Å². The molecule has 2 heterocycles. The minimum atomic E-state index is -0.497. The maximum atomic E-state index is 12.9. The molecule has 1 aliphatic heterocycles. The molecule has 2 N–H and O–H groups in total. The van der Waals surface area contributed by atoms with Gasteiger partial charge in [0.1, 0.15) is 5.75 Å². The summed E-state index contributed by atoms with van der Waals surface area (Å²) in [6.07, 6.45) is 0.996. The Hall–Kier alpha value is -3.70. The van der Waals surface area contributed by atoms with E-state index in [2.05, 4.69) is 32.2 Å². The van der Waals surface area contributed by atoms with Crippen molar-refractivity contribution in [2.75, 3.05) is 58.4 Å². The number of methoxy groups -OCH3 is 2. The number of piperazine rings is 1. The van der Waals surface area contributed by atoms with Crippen molar-refractivity contribution in [2.45, 2.75) is 19.4 Å². The van der Waals surface area contributed by atoms with E-state index in [0.717, 1.165) is 44.9 Å². The molecule has 11 heteroatoms. The van der Waals surface area contributed by atoms with Gasteiger partial charge >= 0.3 is 5.97 Å². The van der Waals surface area contributed by atoms with Crippen LogP contribution in [0.3, 0.4) is 0 Å². The quantitative estimate of drug-likeness (QED) is 0.230. The average Bonchev–Trinajstić information content (AvgIpc) is 2.94. The molecule has 1 aliphatic rings. The van der Waals surface area contributed by atoms with E-state index in [-0.39, 0.29) is 29.2 Å². The summed E-state index contributed by atoms with van der Waals surface area (Å²) in [4.78, 5) is 44.8. The molecule has 2 aromatic carbocycles. The molecule has 0 saturated carbocycles. The largest absolute Gasteiger partial charge is 0.497 e. The highest BCUT2D eigenvalue weighted by atomic mass is 32.1. The lowest BCUT2D eigenvalue weighted by atomic mass is 10.1. The summed E-state index contributed by atoms with van der Waals surface area (Å²) < 4.78 is 11.5. The van der Waals surface area contributed by atoms with Gasteiger partial charge in [-0.2, -0.15) is 0 Å². The second-order valence-corrected chi connectivity index (χ2v) is 9.51. The second kappa shape index (κ2) is 12.7. The monoisotopic (exact) mass is 539 g/mol. The Labute approximate surface area is 226 Å². The Kier molecular flexibility index (Phi) is 9.14. The van der Waals surface area contributed by atoms with E-state index in [1.807, 2.05) is 12.1 Å². The minimum Gasteiger partial charge on any atom is -0.497 e. The average molecular weight is 540 g/mol. The molecule has 0 spiro atoms. The summed E-state index contributed by atoms with van der Waals surface area (Å²) in [6.45, 7) is 5.54. The molecule has 38 heavy (non-hydrogen) atoms. The number of esters is 1.